The third-order valence-corrected chi connectivity index (χ3v) is 3.27. The quantitative estimate of drug-likeness (QED) is 0.869. The van der Waals surface area contributed by atoms with Crippen LogP contribution >= 0.6 is 11.3 Å². The van der Waals surface area contributed by atoms with E-state index in [-0.39, 0.29) is 12.4 Å². The van der Waals surface area contributed by atoms with Crippen LogP contribution in [0.2, 0.25) is 0 Å². The number of thiophene rings is 1. The normalized spacial score (nSPS) is 9.79. The number of rotatable bonds is 4. The lowest BCUT2D eigenvalue weighted by Crippen LogP contribution is -1.95. The van der Waals surface area contributed by atoms with Crippen molar-refractivity contribution in [1.29, 1.82) is 0 Å². The Balaban J connectivity index is 2.01. The average Bonchev–Trinajstić information content (AvgIpc) is 2.84. The Morgan fingerprint density at radius 2 is 2.21 bits per heavy atom. The summed E-state index contributed by atoms with van der Waals surface area (Å²) in [6.45, 7) is 0.427. The molecule has 2 rings (SSSR count). The Kier molecular flexibility index (Phi) is 4.96. The smallest absolute Gasteiger partial charge is 0.126 e. The number of aliphatic hydroxyl groups excluding tert-OH is 1. The van der Waals surface area contributed by atoms with Gasteiger partial charge >= 0.3 is 0 Å². The van der Waals surface area contributed by atoms with Crippen molar-refractivity contribution >= 4 is 11.3 Å². The summed E-state index contributed by atoms with van der Waals surface area (Å²) in [4.78, 5) is 0.995. The zero-order valence-electron chi connectivity index (χ0n) is 10.2. The van der Waals surface area contributed by atoms with Crippen LogP contribution in [0.5, 0.6) is 5.75 Å². The first-order valence-electron chi connectivity index (χ1n) is 5.84. The van der Waals surface area contributed by atoms with Gasteiger partial charge in [0.2, 0.25) is 0 Å². The van der Waals surface area contributed by atoms with Gasteiger partial charge in [0, 0.05) is 18.1 Å². The first kappa shape index (κ1) is 13.6. The fourth-order valence-corrected chi connectivity index (χ4v) is 2.22. The first-order chi connectivity index (χ1) is 9.29. The van der Waals surface area contributed by atoms with Gasteiger partial charge in [-0.15, -0.1) is 11.3 Å². The van der Waals surface area contributed by atoms with E-state index in [0.29, 0.717) is 18.8 Å². The molecule has 0 radical (unpaired) electrons. The van der Waals surface area contributed by atoms with Crippen molar-refractivity contribution < 1.29 is 14.2 Å². The zero-order valence-corrected chi connectivity index (χ0v) is 11.0. The summed E-state index contributed by atoms with van der Waals surface area (Å²) < 4.78 is 18.5. The Labute approximate surface area is 115 Å². The molecule has 98 valence electrons. The van der Waals surface area contributed by atoms with Gasteiger partial charge in [-0.2, -0.15) is 0 Å². The van der Waals surface area contributed by atoms with Crippen molar-refractivity contribution in [3.63, 3.8) is 0 Å². The number of ether oxygens (including phenoxy) is 1. The van der Waals surface area contributed by atoms with E-state index in [0.717, 1.165) is 10.4 Å². The highest BCUT2D eigenvalue weighted by Gasteiger charge is 2.03. The number of hydrogen-bond donors (Lipinski definition) is 1. The molecule has 1 aromatic carbocycles. The summed E-state index contributed by atoms with van der Waals surface area (Å²) >= 11 is 1.55. The second kappa shape index (κ2) is 6.93. The molecule has 0 amide bonds. The highest BCUT2D eigenvalue weighted by Crippen LogP contribution is 2.19. The second-order valence-corrected chi connectivity index (χ2v) is 4.78. The van der Waals surface area contributed by atoms with Crippen LogP contribution in [0.1, 0.15) is 16.9 Å². The number of aliphatic hydroxyl groups is 1. The van der Waals surface area contributed by atoms with Crippen LogP contribution in [0.3, 0.4) is 0 Å². The summed E-state index contributed by atoms with van der Waals surface area (Å²) in [5, 5.41) is 10.6. The van der Waals surface area contributed by atoms with Crippen LogP contribution < -0.4 is 4.74 Å². The Morgan fingerprint density at radius 1 is 1.32 bits per heavy atom. The Morgan fingerprint density at radius 3 is 3.00 bits per heavy atom. The van der Waals surface area contributed by atoms with Crippen LogP contribution in [-0.2, 0) is 6.61 Å². The monoisotopic (exact) mass is 276 g/mol. The Bertz CT molecular complexity index is 595. The molecule has 2 nitrogen and oxygen atoms in total. The van der Waals surface area contributed by atoms with Crippen LogP contribution in [0.15, 0.2) is 35.7 Å². The average molecular weight is 276 g/mol. The minimum atomic E-state index is -0.313. The minimum absolute atomic E-state index is 0.0618. The van der Waals surface area contributed by atoms with Crippen LogP contribution in [0, 0.1) is 17.7 Å². The zero-order chi connectivity index (χ0) is 13.5. The SMILES string of the molecule is OCCC#Cc1ccsc1COc1cccc(F)c1. The molecule has 1 N–H and O–H groups in total. The molecule has 2 aromatic rings. The van der Waals surface area contributed by atoms with E-state index in [1.807, 2.05) is 11.4 Å². The van der Waals surface area contributed by atoms with Gasteiger partial charge in [0.25, 0.3) is 0 Å². The molecule has 0 bridgehead atoms. The molecule has 0 saturated carbocycles. The number of halogens is 1. The highest BCUT2D eigenvalue weighted by molar-refractivity contribution is 7.10. The standard InChI is InChI=1S/C15H13FO2S/c16-13-5-3-6-14(10-13)18-11-15-12(7-9-19-15)4-1-2-8-17/h3,5-7,9-10,17H,2,8,11H2. The molecule has 19 heavy (non-hydrogen) atoms. The van der Waals surface area contributed by atoms with Gasteiger partial charge in [0.05, 0.1) is 11.5 Å². The van der Waals surface area contributed by atoms with E-state index >= 15 is 0 Å². The van der Waals surface area contributed by atoms with Gasteiger partial charge in [-0.05, 0) is 23.6 Å². The van der Waals surface area contributed by atoms with Crippen molar-refractivity contribution in [3.05, 3.63) is 52.0 Å². The van der Waals surface area contributed by atoms with Gasteiger partial charge < -0.3 is 9.84 Å². The minimum Gasteiger partial charge on any atom is -0.488 e. The molecule has 0 saturated heterocycles. The molecule has 0 aliphatic carbocycles. The molecule has 4 heteroatoms. The number of benzene rings is 1. The van der Waals surface area contributed by atoms with Gasteiger partial charge in [-0.25, -0.2) is 4.39 Å². The molecular weight excluding hydrogens is 263 g/mol. The molecule has 0 unspecified atom stereocenters. The lowest BCUT2D eigenvalue weighted by Gasteiger charge is -2.04. The summed E-state index contributed by atoms with van der Waals surface area (Å²) in [7, 11) is 0. The van der Waals surface area contributed by atoms with Crippen LogP contribution in [0.4, 0.5) is 4.39 Å². The first-order valence-corrected chi connectivity index (χ1v) is 6.72. The van der Waals surface area contributed by atoms with Gasteiger partial charge in [0.15, 0.2) is 0 Å². The molecule has 1 aromatic heterocycles. The maximum Gasteiger partial charge on any atom is 0.126 e. The molecule has 0 spiro atoms. The van der Waals surface area contributed by atoms with Crippen molar-refractivity contribution in [2.45, 2.75) is 13.0 Å². The fourth-order valence-electron chi connectivity index (χ4n) is 1.48. The van der Waals surface area contributed by atoms with E-state index < -0.39 is 0 Å². The summed E-state index contributed by atoms with van der Waals surface area (Å²) in [6, 6.07) is 7.97. The molecule has 0 fully saturated rings. The predicted octanol–water partition coefficient (Wildman–Crippen LogP) is 3.20. The van der Waals surface area contributed by atoms with Gasteiger partial charge in [-0.3, -0.25) is 0 Å². The molecule has 0 aliphatic rings. The predicted molar refractivity (Wildman–Crippen MR) is 73.6 cm³/mol. The molecule has 1 heterocycles. The van der Waals surface area contributed by atoms with E-state index in [1.54, 1.807) is 23.5 Å². The maximum atomic E-state index is 13.0. The molecular formula is C15H13FO2S. The van der Waals surface area contributed by atoms with Crippen molar-refractivity contribution in [1.82, 2.24) is 0 Å². The summed E-state index contributed by atoms with van der Waals surface area (Å²) in [5.74, 6) is 6.05. The van der Waals surface area contributed by atoms with E-state index in [2.05, 4.69) is 11.8 Å². The topological polar surface area (TPSA) is 29.5 Å². The van der Waals surface area contributed by atoms with Crippen molar-refractivity contribution in [3.8, 4) is 17.6 Å². The third kappa shape index (κ3) is 4.09. The van der Waals surface area contributed by atoms with E-state index in [1.165, 1.54) is 12.1 Å². The maximum absolute atomic E-state index is 13.0. The van der Waals surface area contributed by atoms with E-state index in [4.69, 9.17) is 9.84 Å². The van der Waals surface area contributed by atoms with Gasteiger partial charge in [-0.1, -0.05) is 17.9 Å². The summed E-state index contributed by atoms with van der Waals surface area (Å²) in [5.41, 5.74) is 0.898. The second-order valence-electron chi connectivity index (χ2n) is 3.78. The van der Waals surface area contributed by atoms with Crippen molar-refractivity contribution in [2.24, 2.45) is 0 Å². The summed E-state index contributed by atoms with van der Waals surface area (Å²) in [6.07, 6.45) is 0.458. The van der Waals surface area contributed by atoms with Crippen LogP contribution in [0.25, 0.3) is 0 Å². The lowest BCUT2D eigenvalue weighted by atomic mass is 10.2. The Hall–Kier alpha value is -1.83. The number of hydrogen-bond acceptors (Lipinski definition) is 3. The molecule has 0 atom stereocenters. The van der Waals surface area contributed by atoms with Gasteiger partial charge in [0.1, 0.15) is 18.2 Å². The van der Waals surface area contributed by atoms with Crippen molar-refractivity contribution in [2.75, 3.05) is 6.61 Å². The van der Waals surface area contributed by atoms with E-state index in [9.17, 15) is 4.39 Å². The molecule has 0 aliphatic heterocycles. The third-order valence-electron chi connectivity index (χ3n) is 2.37. The highest BCUT2D eigenvalue weighted by atomic mass is 32.1. The van der Waals surface area contributed by atoms with Crippen LogP contribution in [-0.4, -0.2) is 11.7 Å². The fraction of sp³-hybridized carbons (Fsp3) is 0.200. The largest absolute Gasteiger partial charge is 0.488 e. The lowest BCUT2D eigenvalue weighted by molar-refractivity contribution is 0.305.